The maximum absolute atomic E-state index is 12.8. The van der Waals surface area contributed by atoms with E-state index in [0.29, 0.717) is 11.3 Å². The van der Waals surface area contributed by atoms with E-state index in [0.717, 1.165) is 0 Å². The van der Waals surface area contributed by atoms with Gasteiger partial charge in [-0.05, 0) is 30.0 Å². The van der Waals surface area contributed by atoms with Gasteiger partial charge >= 0.3 is 5.51 Å². The van der Waals surface area contributed by atoms with Crippen LogP contribution in [0.25, 0.3) is 0 Å². The first-order chi connectivity index (χ1) is 7.92. The third-order valence-electron chi connectivity index (χ3n) is 1.77. The van der Waals surface area contributed by atoms with Gasteiger partial charge in [0.2, 0.25) is 0 Å². The molecule has 0 fully saturated rings. The Bertz CT molecular complexity index is 370. The minimum atomic E-state index is -4.26. The van der Waals surface area contributed by atoms with E-state index in [9.17, 15) is 17.6 Å². The van der Waals surface area contributed by atoms with Gasteiger partial charge in [0.15, 0.2) is 0 Å². The van der Waals surface area contributed by atoms with Gasteiger partial charge in [-0.3, -0.25) is 0 Å². The Morgan fingerprint density at radius 2 is 2.00 bits per heavy atom. The molecule has 0 radical (unpaired) electrons. The van der Waals surface area contributed by atoms with Gasteiger partial charge < -0.3 is 4.74 Å². The van der Waals surface area contributed by atoms with Gasteiger partial charge in [0.1, 0.15) is 11.6 Å². The van der Waals surface area contributed by atoms with E-state index < -0.39 is 11.3 Å². The predicted molar refractivity (Wildman–Crippen MR) is 60.0 cm³/mol. The number of ether oxygens (including phenoxy) is 1. The summed E-state index contributed by atoms with van der Waals surface area (Å²) in [6, 6.07) is 3.72. The second kappa shape index (κ2) is 6.35. The molecule has 0 saturated carbocycles. The molecule has 0 heterocycles. The van der Waals surface area contributed by atoms with Crippen LogP contribution in [-0.2, 0) is 5.88 Å². The molecule has 0 amide bonds. The van der Waals surface area contributed by atoms with Crippen LogP contribution in [-0.4, -0.2) is 17.9 Å². The molecule has 0 aliphatic carbocycles. The molecule has 17 heavy (non-hydrogen) atoms. The topological polar surface area (TPSA) is 9.23 Å². The molecule has 0 aliphatic heterocycles. The summed E-state index contributed by atoms with van der Waals surface area (Å²) in [6.45, 7) is -0.111. The standard InChI is InChI=1S/C10H9ClF4OS/c11-6-7-5-8(12)1-2-9(7)16-3-4-17-10(13,14)15/h1-2,5H,3-4,6H2. The number of rotatable bonds is 5. The van der Waals surface area contributed by atoms with Crippen molar-refractivity contribution in [2.75, 3.05) is 12.4 Å². The first-order valence-electron chi connectivity index (χ1n) is 4.60. The first kappa shape index (κ1) is 14.4. The monoisotopic (exact) mass is 288 g/mol. The smallest absolute Gasteiger partial charge is 0.441 e. The Labute approximate surface area is 105 Å². The second-order valence-corrected chi connectivity index (χ2v) is 4.46. The van der Waals surface area contributed by atoms with E-state index in [2.05, 4.69) is 0 Å². The van der Waals surface area contributed by atoms with Gasteiger partial charge in [0, 0.05) is 11.3 Å². The lowest BCUT2D eigenvalue weighted by atomic mass is 10.2. The molecule has 0 N–H and O–H groups in total. The highest BCUT2D eigenvalue weighted by atomic mass is 35.5. The summed E-state index contributed by atoms with van der Waals surface area (Å²) in [5.74, 6) is -0.330. The van der Waals surface area contributed by atoms with Gasteiger partial charge in [-0.1, -0.05) is 0 Å². The summed E-state index contributed by atoms with van der Waals surface area (Å²) in [6.07, 6.45) is 0. The molecule has 0 unspecified atom stereocenters. The Morgan fingerprint density at radius 1 is 1.29 bits per heavy atom. The Balaban J connectivity index is 2.46. The molecule has 1 rings (SSSR count). The van der Waals surface area contributed by atoms with Crippen LogP contribution in [0.5, 0.6) is 5.75 Å². The van der Waals surface area contributed by atoms with Gasteiger partial charge in [-0.15, -0.1) is 11.6 Å². The lowest BCUT2D eigenvalue weighted by Gasteiger charge is -2.10. The number of hydrogen-bond donors (Lipinski definition) is 0. The molecular formula is C10H9ClF4OS. The van der Waals surface area contributed by atoms with Crippen molar-refractivity contribution in [3.8, 4) is 5.75 Å². The van der Waals surface area contributed by atoms with Crippen molar-refractivity contribution >= 4 is 23.4 Å². The summed E-state index contributed by atoms with van der Waals surface area (Å²) in [5, 5.41) is 0. The van der Waals surface area contributed by atoms with E-state index in [-0.39, 0.29) is 30.0 Å². The molecule has 7 heteroatoms. The van der Waals surface area contributed by atoms with Crippen LogP contribution < -0.4 is 4.74 Å². The zero-order valence-electron chi connectivity index (χ0n) is 8.56. The molecule has 0 saturated heterocycles. The van der Waals surface area contributed by atoms with Gasteiger partial charge in [-0.2, -0.15) is 13.2 Å². The molecule has 1 aromatic carbocycles. The highest BCUT2D eigenvalue weighted by Crippen LogP contribution is 2.30. The number of benzene rings is 1. The average Bonchev–Trinajstić information content (AvgIpc) is 2.24. The summed E-state index contributed by atoms with van der Waals surface area (Å²) in [4.78, 5) is 0. The average molecular weight is 289 g/mol. The zero-order chi connectivity index (χ0) is 12.9. The zero-order valence-corrected chi connectivity index (χ0v) is 10.1. The highest BCUT2D eigenvalue weighted by molar-refractivity contribution is 8.00. The first-order valence-corrected chi connectivity index (χ1v) is 6.12. The molecule has 0 aliphatic rings. The molecule has 0 aromatic heterocycles. The molecule has 1 aromatic rings. The van der Waals surface area contributed by atoms with Gasteiger partial charge in [-0.25, -0.2) is 4.39 Å². The largest absolute Gasteiger partial charge is 0.492 e. The van der Waals surface area contributed by atoms with Gasteiger partial charge in [0.25, 0.3) is 0 Å². The number of thioether (sulfide) groups is 1. The molecular weight excluding hydrogens is 280 g/mol. The maximum atomic E-state index is 12.8. The summed E-state index contributed by atoms with van der Waals surface area (Å²) in [5.41, 5.74) is -3.84. The van der Waals surface area contributed by atoms with E-state index in [1.807, 2.05) is 0 Å². The molecule has 0 atom stereocenters. The SMILES string of the molecule is Fc1ccc(OCCSC(F)(F)F)c(CCl)c1. The molecule has 0 spiro atoms. The van der Waals surface area contributed by atoms with Crippen molar-refractivity contribution in [2.45, 2.75) is 11.4 Å². The summed E-state index contributed by atoms with van der Waals surface area (Å²) >= 11 is 5.39. The third kappa shape index (κ3) is 5.50. The summed E-state index contributed by atoms with van der Waals surface area (Å²) < 4.78 is 53.4. The predicted octanol–water partition coefficient (Wildman–Crippen LogP) is 4.20. The number of halogens is 5. The van der Waals surface area contributed by atoms with Crippen molar-refractivity contribution in [3.05, 3.63) is 29.6 Å². The van der Waals surface area contributed by atoms with Crippen LogP contribution in [0.2, 0.25) is 0 Å². The Kier molecular flexibility index (Phi) is 5.39. The van der Waals surface area contributed by atoms with Crippen molar-refractivity contribution < 1.29 is 22.3 Å². The number of hydrogen-bond acceptors (Lipinski definition) is 2. The summed E-state index contributed by atoms with van der Waals surface area (Å²) in [7, 11) is 0. The van der Waals surface area contributed by atoms with Crippen molar-refractivity contribution in [2.24, 2.45) is 0 Å². The minimum absolute atomic E-state index is 0.0412. The number of alkyl halides is 4. The van der Waals surface area contributed by atoms with Crippen LogP contribution in [0.4, 0.5) is 17.6 Å². The normalized spacial score (nSPS) is 11.6. The quantitative estimate of drug-likeness (QED) is 0.456. The lowest BCUT2D eigenvalue weighted by Crippen LogP contribution is -2.08. The van der Waals surface area contributed by atoms with E-state index >= 15 is 0 Å². The van der Waals surface area contributed by atoms with Crippen molar-refractivity contribution in [1.82, 2.24) is 0 Å². The van der Waals surface area contributed by atoms with Crippen LogP contribution >= 0.6 is 23.4 Å². The lowest BCUT2D eigenvalue weighted by molar-refractivity contribution is -0.0329. The van der Waals surface area contributed by atoms with E-state index in [1.165, 1.54) is 18.2 Å². The molecule has 0 bridgehead atoms. The van der Waals surface area contributed by atoms with E-state index in [1.54, 1.807) is 0 Å². The Hall–Kier alpha value is -0.620. The van der Waals surface area contributed by atoms with Crippen LogP contribution in [0.1, 0.15) is 5.56 Å². The van der Waals surface area contributed by atoms with Crippen LogP contribution in [0, 0.1) is 5.82 Å². The maximum Gasteiger partial charge on any atom is 0.441 e. The third-order valence-corrected chi connectivity index (χ3v) is 2.76. The fourth-order valence-corrected chi connectivity index (χ4v) is 1.71. The van der Waals surface area contributed by atoms with Crippen molar-refractivity contribution in [3.63, 3.8) is 0 Å². The Morgan fingerprint density at radius 3 is 2.59 bits per heavy atom. The fraction of sp³-hybridized carbons (Fsp3) is 0.400. The van der Waals surface area contributed by atoms with Crippen LogP contribution in [0.15, 0.2) is 18.2 Å². The molecule has 1 nitrogen and oxygen atoms in total. The second-order valence-electron chi connectivity index (χ2n) is 3.03. The fourth-order valence-electron chi connectivity index (χ4n) is 1.10. The van der Waals surface area contributed by atoms with Crippen molar-refractivity contribution in [1.29, 1.82) is 0 Å². The van der Waals surface area contributed by atoms with Gasteiger partial charge in [0.05, 0.1) is 12.5 Å². The minimum Gasteiger partial charge on any atom is -0.492 e. The highest BCUT2D eigenvalue weighted by Gasteiger charge is 2.27. The van der Waals surface area contributed by atoms with Crippen LogP contribution in [0.3, 0.4) is 0 Å². The van der Waals surface area contributed by atoms with E-state index in [4.69, 9.17) is 16.3 Å². The molecule has 96 valence electrons.